The van der Waals surface area contributed by atoms with Gasteiger partial charge in [-0.15, -0.1) is 0 Å². The van der Waals surface area contributed by atoms with Crippen molar-refractivity contribution in [2.24, 2.45) is 17.3 Å². The summed E-state index contributed by atoms with van der Waals surface area (Å²) in [5, 5.41) is 10.0. The molecule has 1 saturated carbocycles. The minimum absolute atomic E-state index is 0.0753. The van der Waals surface area contributed by atoms with E-state index in [2.05, 4.69) is 23.8 Å². The number of nitrogens with zero attached hydrogens (tertiary/aromatic N) is 4. The Labute approximate surface area is 159 Å². The number of rotatable bonds is 4. The molecule has 3 fully saturated rings. The van der Waals surface area contributed by atoms with Crippen molar-refractivity contribution < 1.29 is 14.7 Å². The van der Waals surface area contributed by atoms with Crippen LogP contribution < -0.4 is 4.90 Å². The Morgan fingerprint density at radius 2 is 1.81 bits per heavy atom. The second-order valence-corrected chi connectivity index (χ2v) is 8.71. The zero-order valence-electron chi connectivity index (χ0n) is 16.1. The second kappa shape index (κ2) is 6.77. The molecule has 0 aromatic carbocycles. The summed E-state index contributed by atoms with van der Waals surface area (Å²) in [5.74, 6) is 0.314. The first-order chi connectivity index (χ1) is 12.9. The van der Waals surface area contributed by atoms with Crippen molar-refractivity contribution in [3.8, 4) is 0 Å². The number of hydrogen-bond acceptors (Lipinski definition) is 5. The Morgan fingerprint density at radius 3 is 2.37 bits per heavy atom. The molecule has 146 valence electrons. The summed E-state index contributed by atoms with van der Waals surface area (Å²) >= 11 is 0. The number of carbonyl (C=O) groups excluding carboxylic acids is 1. The molecular weight excluding hydrogens is 344 g/mol. The lowest BCUT2D eigenvalue weighted by atomic mass is 9.81. The van der Waals surface area contributed by atoms with Crippen LogP contribution in [0.5, 0.6) is 0 Å². The molecule has 2 aliphatic heterocycles. The van der Waals surface area contributed by atoms with Crippen LogP contribution in [0.4, 0.5) is 5.95 Å². The number of hydrogen-bond donors (Lipinski definition) is 1. The molecule has 0 spiro atoms. The van der Waals surface area contributed by atoms with Crippen LogP contribution in [-0.2, 0) is 9.59 Å². The largest absolute Gasteiger partial charge is 0.481 e. The van der Waals surface area contributed by atoms with Crippen LogP contribution in [0.1, 0.15) is 51.0 Å². The molecule has 7 heteroatoms. The highest BCUT2D eigenvalue weighted by Gasteiger charge is 2.59. The summed E-state index contributed by atoms with van der Waals surface area (Å²) in [6.45, 7) is 5.97. The van der Waals surface area contributed by atoms with Crippen LogP contribution in [0.2, 0.25) is 0 Å². The van der Waals surface area contributed by atoms with Crippen molar-refractivity contribution in [1.29, 1.82) is 0 Å². The third-order valence-corrected chi connectivity index (χ3v) is 6.66. The maximum Gasteiger partial charge on any atom is 0.313 e. The van der Waals surface area contributed by atoms with Crippen molar-refractivity contribution in [1.82, 2.24) is 14.9 Å². The van der Waals surface area contributed by atoms with Gasteiger partial charge < -0.3 is 14.9 Å². The number of anilines is 1. The number of amides is 1. The Kier molecular flexibility index (Phi) is 4.56. The van der Waals surface area contributed by atoms with Crippen molar-refractivity contribution >= 4 is 17.8 Å². The highest BCUT2D eigenvalue weighted by atomic mass is 16.4. The van der Waals surface area contributed by atoms with E-state index in [0.29, 0.717) is 38.0 Å². The van der Waals surface area contributed by atoms with Crippen LogP contribution >= 0.6 is 0 Å². The van der Waals surface area contributed by atoms with E-state index < -0.39 is 11.4 Å². The molecule has 3 heterocycles. The van der Waals surface area contributed by atoms with Crippen molar-refractivity contribution in [2.45, 2.75) is 45.4 Å². The number of carboxylic acid groups (broad SMARTS) is 1. The highest BCUT2D eigenvalue weighted by molar-refractivity contribution is 5.83. The lowest BCUT2D eigenvalue weighted by molar-refractivity contribution is -0.148. The van der Waals surface area contributed by atoms with Crippen molar-refractivity contribution in [3.63, 3.8) is 0 Å². The van der Waals surface area contributed by atoms with E-state index in [1.54, 1.807) is 0 Å². The third kappa shape index (κ3) is 3.07. The van der Waals surface area contributed by atoms with Gasteiger partial charge in [-0.1, -0.05) is 26.7 Å². The molecule has 0 bridgehead atoms. The van der Waals surface area contributed by atoms with Gasteiger partial charge in [0.1, 0.15) is 5.41 Å². The normalized spacial score (nSPS) is 28.2. The number of aliphatic carboxylic acids is 1. The van der Waals surface area contributed by atoms with Gasteiger partial charge in [-0.2, -0.15) is 0 Å². The summed E-state index contributed by atoms with van der Waals surface area (Å²) in [5.41, 5.74) is 0.161. The topological polar surface area (TPSA) is 86.6 Å². The second-order valence-electron chi connectivity index (χ2n) is 8.71. The molecule has 27 heavy (non-hydrogen) atoms. The molecule has 1 aromatic heterocycles. The van der Waals surface area contributed by atoms with E-state index in [9.17, 15) is 14.7 Å². The summed E-state index contributed by atoms with van der Waals surface area (Å²) in [4.78, 5) is 37.7. The first-order valence-corrected chi connectivity index (χ1v) is 10.00. The van der Waals surface area contributed by atoms with Crippen molar-refractivity contribution in [2.75, 3.05) is 31.1 Å². The fraction of sp³-hybridized carbons (Fsp3) is 0.700. The zero-order valence-corrected chi connectivity index (χ0v) is 16.1. The third-order valence-electron chi connectivity index (χ3n) is 6.66. The van der Waals surface area contributed by atoms with E-state index in [0.717, 1.165) is 31.2 Å². The van der Waals surface area contributed by atoms with Gasteiger partial charge in [-0.25, -0.2) is 9.97 Å². The average molecular weight is 372 g/mol. The monoisotopic (exact) mass is 372 g/mol. The molecule has 0 radical (unpaired) electrons. The standard InChI is InChI=1S/C20H28N4O3/c1-13(2)15-7-21-19(22-8-15)24-10-16-9-23(11-20(16,12-24)18(26)27)17(25)14-5-3-4-6-14/h7-8,13-14,16H,3-6,9-12H2,1-2H3,(H,26,27)/t16-,20-/m1/s1. The van der Waals surface area contributed by atoms with Gasteiger partial charge in [0.25, 0.3) is 0 Å². The highest BCUT2D eigenvalue weighted by Crippen LogP contribution is 2.44. The number of carboxylic acids is 1. The van der Waals surface area contributed by atoms with Gasteiger partial charge in [0, 0.05) is 50.4 Å². The summed E-state index contributed by atoms with van der Waals surface area (Å²) in [6.07, 6.45) is 7.75. The van der Waals surface area contributed by atoms with Gasteiger partial charge in [-0.3, -0.25) is 9.59 Å². The molecule has 0 unspecified atom stereocenters. The van der Waals surface area contributed by atoms with Gasteiger partial charge >= 0.3 is 5.97 Å². The van der Waals surface area contributed by atoms with Crippen LogP contribution in [-0.4, -0.2) is 58.0 Å². The lowest BCUT2D eigenvalue weighted by Gasteiger charge is -2.27. The quantitative estimate of drug-likeness (QED) is 0.871. The minimum Gasteiger partial charge on any atom is -0.481 e. The van der Waals surface area contributed by atoms with E-state index in [1.807, 2.05) is 22.2 Å². The molecule has 1 aliphatic carbocycles. The fourth-order valence-electron chi connectivity index (χ4n) is 4.91. The molecule has 1 aromatic rings. The zero-order chi connectivity index (χ0) is 19.2. The van der Waals surface area contributed by atoms with Crippen LogP contribution in [0.15, 0.2) is 12.4 Å². The van der Waals surface area contributed by atoms with Gasteiger partial charge in [0.15, 0.2) is 0 Å². The summed E-state index contributed by atoms with van der Waals surface area (Å²) in [7, 11) is 0. The maximum absolute atomic E-state index is 12.8. The van der Waals surface area contributed by atoms with Crippen molar-refractivity contribution in [3.05, 3.63) is 18.0 Å². The van der Waals surface area contributed by atoms with Gasteiger partial charge in [-0.05, 0) is 24.3 Å². The first-order valence-electron chi connectivity index (χ1n) is 10.00. The number of likely N-dealkylation sites (tertiary alicyclic amines) is 1. The molecule has 3 aliphatic rings. The predicted molar refractivity (Wildman–Crippen MR) is 100 cm³/mol. The van der Waals surface area contributed by atoms with E-state index in [-0.39, 0.29) is 17.7 Å². The smallest absolute Gasteiger partial charge is 0.313 e. The number of aromatic nitrogens is 2. The first kappa shape index (κ1) is 18.2. The Morgan fingerprint density at radius 1 is 1.15 bits per heavy atom. The molecule has 2 saturated heterocycles. The molecule has 7 nitrogen and oxygen atoms in total. The summed E-state index contributed by atoms with van der Waals surface area (Å²) < 4.78 is 0. The Hall–Kier alpha value is -2.18. The molecule has 1 N–H and O–H groups in total. The Balaban J connectivity index is 1.50. The van der Waals surface area contributed by atoms with Crippen LogP contribution in [0.3, 0.4) is 0 Å². The lowest BCUT2D eigenvalue weighted by Crippen LogP contribution is -2.43. The van der Waals surface area contributed by atoms with E-state index >= 15 is 0 Å². The number of fused-ring (bicyclic) bond motifs is 1. The molecule has 2 atom stereocenters. The van der Waals surface area contributed by atoms with Crippen LogP contribution in [0.25, 0.3) is 0 Å². The average Bonchev–Trinajstić information content (AvgIpc) is 3.35. The Bertz CT molecular complexity index is 729. The number of carbonyl (C=O) groups is 2. The SMILES string of the molecule is CC(C)c1cnc(N2C[C@H]3CN(C(=O)C4CCCC4)C[C@@]3(C(=O)O)C2)nc1. The minimum atomic E-state index is -0.908. The van der Waals surface area contributed by atoms with Gasteiger partial charge in [0.05, 0.1) is 0 Å². The molecular formula is C20H28N4O3. The predicted octanol–water partition coefficient (Wildman–Crippen LogP) is 2.14. The van der Waals surface area contributed by atoms with E-state index in [4.69, 9.17) is 0 Å². The molecule has 4 rings (SSSR count). The summed E-state index contributed by atoms with van der Waals surface area (Å²) in [6, 6.07) is 0. The van der Waals surface area contributed by atoms with E-state index in [1.165, 1.54) is 0 Å². The van der Waals surface area contributed by atoms with Gasteiger partial charge in [0.2, 0.25) is 11.9 Å². The maximum atomic E-state index is 12.8. The molecule has 1 amide bonds. The van der Waals surface area contributed by atoms with Crippen LogP contribution in [0, 0.1) is 17.3 Å². The fourth-order valence-corrected chi connectivity index (χ4v) is 4.91.